The maximum atomic E-state index is 13.2. The normalized spacial score (nSPS) is 17.5. The van der Waals surface area contributed by atoms with Crippen LogP contribution in [-0.2, 0) is 17.1 Å². The SMILES string of the molecule is Cn1cc(S(=O)(=O)N2CCCC2)cc1C(=O)Nc1ccc(N2CCCCC2)c2ccncc12. The Morgan fingerprint density at radius 2 is 1.70 bits per heavy atom. The highest BCUT2D eigenvalue weighted by atomic mass is 32.2. The van der Waals surface area contributed by atoms with Crippen molar-refractivity contribution < 1.29 is 13.2 Å². The average molecular weight is 468 g/mol. The van der Waals surface area contributed by atoms with E-state index in [0.29, 0.717) is 24.5 Å². The van der Waals surface area contributed by atoms with Crippen molar-refractivity contribution in [1.82, 2.24) is 13.9 Å². The van der Waals surface area contributed by atoms with E-state index in [9.17, 15) is 13.2 Å². The van der Waals surface area contributed by atoms with Crippen molar-refractivity contribution >= 4 is 38.1 Å². The van der Waals surface area contributed by atoms with E-state index in [1.165, 1.54) is 35.8 Å². The number of carbonyl (C=O) groups is 1. The number of hydrogen-bond acceptors (Lipinski definition) is 5. The summed E-state index contributed by atoms with van der Waals surface area (Å²) in [6, 6.07) is 7.41. The molecule has 5 rings (SSSR count). The lowest BCUT2D eigenvalue weighted by molar-refractivity contribution is 0.101. The van der Waals surface area contributed by atoms with Crippen LogP contribution in [-0.4, -0.2) is 54.4 Å². The van der Waals surface area contributed by atoms with E-state index in [1.807, 2.05) is 12.1 Å². The molecule has 2 saturated heterocycles. The number of sulfonamides is 1. The summed E-state index contributed by atoms with van der Waals surface area (Å²) in [4.78, 5) is 20.0. The minimum absolute atomic E-state index is 0.157. The number of aromatic nitrogens is 2. The second-order valence-electron chi connectivity index (χ2n) is 8.84. The van der Waals surface area contributed by atoms with Crippen molar-refractivity contribution in [2.75, 3.05) is 36.4 Å². The smallest absolute Gasteiger partial charge is 0.272 e. The maximum absolute atomic E-state index is 13.2. The molecule has 0 atom stereocenters. The first-order valence-corrected chi connectivity index (χ1v) is 13.0. The van der Waals surface area contributed by atoms with Crippen LogP contribution in [0.5, 0.6) is 0 Å². The first-order valence-electron chi connectivity index (χ1n) is 11.5. The van der Waals surface area contributed by atoms with Gasteiger partial charge in [-0.1, -0.05) is 0 Å². The molecule has 1 N–H and O–H groups in total. The molecule has 174 valence electrons. The molecule has 3 aromatic rings. The number of nitrogens with zero attached hydrogens (tertiary/aromatic N) is 4. The number of fused-ring (bicyclic) bond motifs is 1. The van der Waals surface area contributed by atoms with Crippen molar-refractivity contribution in [3.8, 4) is 0 Å². The predicted molar refractivity (Wildman–Crippen MR) is 129 cm³/mol. The van der Waals surface area contributed by atoms with Gasteiger partial charge in [0, 0.05) is 68.3 Å². The van der Waals surface area contributed by atoms with Crippen LogP contribution in [0.25, 0.3) is 10.8 Å². The van der Waals surface area contributed by atoms with Crippen molar-refractivity contribution in [2.24, 2.45) is 7.05 Å². The van der Waals surface area contributed by atoms with Gasteiger partial charge < -0.3 is 14.8 Å². The van der Waals surface area contributed by atoms with Gasteiger partial charge >= 0.3 is 0 Å². The zero-order valence-corrected chi connectivity index (χ0v) is 19.6. The van der Waals surface area contributed by atoms with E-state index < -0.39 is 10.0 Å². The Hall–Kier alpha value is -2.91. The van der Waals surface area contributed by atoms with Gasteiger partial charge in [0.1, 0.15) is 10.6 Å². The van der Waals surface area contributed by atoms with E-state index in [4.69, 9.17) is 0 Å². The van der Waals surface area contributed by atoms with E-state index in [2.05, 4.69) is 21.3 Å². The number of benzene rings is 1. The van der Waals surface area contributed by atoms with Gasteiger partial charge in [0.05, 0.1) is 5.69 Å². The summed E-state index contributed by atoms with van der Waals surface area (Å²) in [5, 5.41) is 4.90. The van der Waals surface area contributed by atoms with Gasteiger partial charge in [-0.3, -0.25) is 9.78 Å². The van der Waals surface area contributed by atoms with Gasteiger partial charge in [0.2, 0.25) is 10.0 Å². The molecule has 2 aromatic heterocycles. The third-order valence-electron chi connectivity index (χ3n) is 6.66. The molecular formula is C24H29N5O3S. The van der Waals surface area contributed by atoms with Crippen LogP contribution in [0.15, 0.2) is 47.8 Å². The molecule has 0 unspecified atom stereocenters. The predicted octanol–water partition coefficient (Wildman–Crippen LogP) is 3.60. The Bertz CT molecular complexity index is 1290. The van der Waals surface area contributed by atoms with Crippen LogP contribution >= 0.6 is 0 Å². The zero-order chi connectivity index (χ0) is 23.0. The first-order chi connectivity index (χ1) is 15.9. The molecule has 0 bridgehead atoms. The van der Waals surface area contributed by atoms with Gasteiger partial charge in [-0.2, -0.15) is 4.31 Å². The summed E-state index contributed by atoms with van der Waals surface area (Å²) in [5.74, 6) is -0.351. The number of aryl methyl sites for hydroxylation is 1. The Morgan fingerprint density at radius 1 is 0.970 bits per heavy atom. The average Bonchev–Trinajstić information content (AvgIpc) is 3.51. The molecule has 9 heteroatoms. The Kier molecular flexibility index (Phi) is 5.84. The number of rotatable bonds is 5. The highest BCUT2D eigenvalue weighted by molar-refractivity contribution is 7.89. The fourth-order valence-electron chi connectivity index (χ4n) is 4.86. The Morgan fingerprint density at radius 3 is 2.45 bits per heavy atom. The summed E-state index contributed by atoms with van der Waals surface area (Å²) >= 11 is 0. The Balaban J connectivity index is 1.44. The Labute approximate surface area is 194 Å². The lowest BCUT2D eigenvalue weighted by Gasteiger charge is -2.30. The van der Waals surface area contributed by atoms with Crippen LogP contribution in [0.2, 0.25) is 0 Å². The molecule has 0 radical (unpaired) electrons. The molecule has 2 aliphatic heterocycles. The lowest BCUT2D eigenvalue weighted by atomic mass is 10.0. The number of piperidine rings is 1. The number of carbonyl (C=O) groups excluding carboxylic acids is 1. The number of anilines is 2. The van der Waals surface area contributed by atoms with Gasteiger partial charge in [-0.05, 0) is 56.4 Å². The van der Waals surface area contributed by atoms with Crippen molar-refractivity contribution in [2.45, 2.75) is 37.0 Å². The fraction of sp³-hybridized carbons (Fsp3) is 0.417. The minimum atomic E-state index is -3.58. The van der Waals surface area contributed by atoms with E-state index >= 15 is 0 Å². The summed E-state index contributed by atoms with van der Waals surface area (Å²) in [6.45, 7) is 3.11. The van der Waals surface area contributed by atoms with Gasteiger partial charge in [0.15, 0.2) is 0 Å². The molecule has 1 amide bonds. The molecule has 33 heavy (non-hydrogen) atoms. The van der Waals surface area contributed by atoms with Crippen molar-refractivity contribution in [3.05, 3.63) is 48.5 Å². The lowest BCUT2D eigenvalue weighted by Crippen LogP contribution is -2.29. The third-order valence-corrected chi connectivity index (χ3v) is 8.52. The van der Waals surface area contributed by atoms with Gasteiger partial charge in [-0.25, -0.2) is 8.42 Å². The third kappa shape index (κ3) is 4.11. The molecule has 0 saturated carbocycles. The van der Waals surface area contributed by atoms with Gasteiger partial charge in [0.25, 0.3) is 5.91 Å². The monoisotopic (exact) mass is 467 g/mol. The minimum Gasteiger partial charge on any atom is -0.371 e. The largest absolute Gasteiger partial charge is 0.371 e. The molecule has 4 heterocycles. The van der Waals surface area contributed by atoms with E-state index in [1.54, 1.807) is 24.0 Å². The van der Waals surface area contributed by atoms with Crippen molar-refractivity contribution in [3.63, 3.8) is 0 Å². The molecule has 2 aliphatic rings. The molecular weight excluding hydrogens is 438 g/mol. The maximum Gasteiger partial charge on any atom is 0.272 e. The van der Waals surface area contributed by atoms with Gasteiger partial charge in [-0.15, -0.1) is 0 Å². The highest BCUT2D eigenvalue weighted by Crippen LogP contribution is 2.33. The van der Waals surface area contributed by atoms with Crippen LogP contribution in [0.4, 0.5) is 11.4 Å². The fourth-order valence-corrected chi connectivity index (χ4v) is 6.45. The summed E-state index contributed by atoms with van der Waals surface area (Å²) in [6.07, 6.45) is 10.4. The highest BCUT2D eigenvalue weighted by Gasteiger charge is 2.29. The first kappa shape index (κ1) is 21.9. The molecule has 1 aromatic carbocycles. The summed E-state index contributed by atoms with van der Waals surface area (Å²) in [5.41, 5.74) is 2.11. The molecule has 8 nitrogen and oxygen atoms in total. The number of pyridine rings is 1. The van der Waals surface area contributed by atoms with Crippen LogP contribution in [0, 0.1) is 0 Å². The van der Waals surface area contributed by atoms with Crippen molar-refractivity contribution in [1.29, 1.82) is 0 Å². The number of hydrogen-bond donors (Lipinski definition) is 1. The number of nitrogens with one attached hydrogen (secondary N) is 1. The summed E-state index contributed by atoms with van der Waals surface area (Å²) < 4.78 is 28.9. The van der Waals surface area contributed by atoms with Crippen LogP contribution in [0.1, 0.15) is 42.6 Å². The molecule has 2 fully saturated rings. The topological polar surface area (TPSA) is 87.5 Å². The molecule has 0 aliphatic carbocycles. The van der Waals surface area contributed by atoms with Crippen LogP contribution < -0.4 is 10.2 Å². The van der Waals surface area contributed by atoms with E-state index in [0.717, 1.165) is 42.4 Å². The second-order valence-corrected chi connectivity index (χ2v) is 10.8. The second kappa shape index (κ2) is 8.79. The zero-order valence-electron chi connectivity index (χ0n) is 18.8. The van der Waals surface area contributed by atoms with Crippen LogP contribution in [0.3, 0.4) is 0 Å². The molecule has 0 spiro atoms. The quantitative estimate of drug-likeness (QED) is 0.620. The summed E-state index contributed by atoms with van der Waals surface area (Å²) in [7, 11) is -1.89. The number of amides is 1. The van der Waals surface area contributed by atoms with E-state index in [-0.39, 0.29) is 10.8 Å². The standard InChI is InChI=1S/C24H29N5O3S/c1-27-17-18(33(31,32)29-13-5-6-14-29)15-23(27)24(30)26-21-7-8-22(28-11-3-2-4-12-28)19-9-10-25-16-20(19)21/h7-10,15-17H,2-6,11-14H2,1H3,(H,26,30).